The van der Waals surface area contributed by atoms with E-state index in [1.165, 1.54) is 14.0 Å². The predicted molar refractivity (Wildman–Crippen MR) is 59.9 cm³/mol. The Bertz CT molecular complexity index is 263. The van der Waals surface area contributed by atoms with Crippen molar-refractivity contribution in [2.75, 3.05) is 20.3 Å². The molecule has 0 saturated heterocycles. The molecule has 1 amide bonds. The molecule has 0 aliphatic heterocycles. The Labute approximate surface area is 95.8 Å². The first-order chi connectivity index (χ1) is 7.47. The van der Waals surface area contributed by atoms with Gasteiger partial charge in [-0.25, -0.2) is 4.79 Å². The molecule has 0 aliphatic rings. The summed E-state index contributed by atoms with van der Waals surface area (Å²) in [5, 5.41) is 2.46. The second-order valence-corrected chi connectivity index (χ2v) is 3.56. The number of carbonyl (C=O) groups is 2. The van der Waals surface area contributed by atoms with Crippen LogP contribution in [0.5, 0.6) is 0 Å². The summed E-state index contributed by atoms with van der Waals surface area (Å²) < 4.78 is 9.79. The van der Waals surface area contributed by atoms with E-state index in [4.69, 9.17) is 4.74 Å². The first-order valence-electron chi connectivity index (χ1n) is 5.04. The molecule has 0 spiro atoms. The molecule has 0 rings (SSSR count). The van der Waals surface area contributed by atoms with Crippen molar-refractivity contribution in [1.82, 2.24) is 5.32 Å². The molecule has 1 N–H and O–H groups in total. The maximum absolute atomic E-state index is 11.2. The van der Waals surface area contributed by atoms with E-state index in [9.17, 15) is 9.59 Å². The Morgan fingerprint density at radius 1 is 1.38 bits per heavy atom. The van der Waals surface area contributed by atoms with Crippen LogP contribution in [-0.4, -0.2) is 38.2 Å². The summed E-state index contributed by atoms with van der Waals surface area (Å²) in [5.74, 6) is -0.801. The van der Waals surface area contributed by atoms with Crippen LogP contribution in [0.4, 0.5) is 0 Å². The highest BCUT2D eigenvalue weighted by molar-refractivity contribution is 5.83. The normalized spacial score (nSPS) is 11.7. The summed E-state index contributed by atoms with van der Waals surface area (Å²) in [6.45, 7) is 7.55. The van der Waals surface area contributed by atoms with Gasteiger partial charge in [0, 0.05) is 6.92 Å². The number of amides is 1. The minimum Gasteiger partial charge on any atom is -0.467 e. The highest BCUT2D eigenvalue weighted by atomic mass is 16.5. The number of methoxy groups -OCH3 is 1. The fraction of sp³-hybridized carbons (Fsp3) is 0.636. The van der Waals surface area contributed by atoms with Crippen LogP contribution in [0.15, 0.2) is 12.2 Å². The molecule has 1 atom stereocenters. The molecule has 0 aliphatic carbocycles. The maximum atomic E-state index is 11.2. The average Bonchev–Trinajstić information content (AvgIpc) is 2.20. The Balaban J connectivity index is 3.97. The number of carbonyl (C=O) groups excluding carboxylic acids is 2. The molecule has 5 nitrogen and oxygen atoms in total. The molecule has 16 heavy (non-hydrogen) atoms. The predicted octanol–water partition coefficient (Wildman–Crippen LogP) is 0.647. The monoisotopic (exact) mass is 229 g/mol. The van der Waals surface area contributed by atoms with Crippen molar-refractivity contribution in [3.05, 3.63) is 12.2 Å². The number of nitrogens with one attached hydrogen (secondary N) is 1. The smallest absolute Gasteiger partial charge is 0.330 e. The van der Waals surface area contributed by atoms with Crippen LogP contribution in [0, 0.1) is 0 Å². The van der Waals surface area contributed by atoms with E-state index in [1.807, 2.05) is 6.92 Å². The summed E-state index contributed by atoms with van der Waals surface area (Å²) in [6, 6.07) is -0.743. The zero-order valence-corrected chi connectivity index (χ0v) is 10.0. The van der Waals surface area contributed by atoms with Crippen molar-refractivity contribution in [1.29, 1.82) is 0 Å². The number of hydrogen-bond acceptors (Lipinski definition) is 4. The Hall–Kier alpha value is -1.36. The number of hydrogen-bond donors (Lipinski definition) is 1. The van der Waals surface area contributed by atoms with Crippen LogP contribution in [0.2, 0.25) is 0 Å². The molecule has 0 aromatic carbocycles. The third-order valence-corrected chi connectivity index (χ3v) is 1.82. The molecule has 0 aromatic heterocycles. The maximum Gasteiger partial charge on any atom is 0.330 e. The summed E-state index contributed by atoms with van der Waals surface area (Å²) in [6.07, 6.45) is 0.730. The lowest BCUT2D eigenvalue weighted by molar-refractivity contribution is -0.146. The van der Waals surface area contributed by atoms with Gasteiger partial charge in [-0.1, -0.05) is 5.57 Å². The van der Waals surface area contributed by atoms with E-state index in [-0.39, 0.29) is 12.5 Å². The van der Waals surface area contributed by atoms with Crippen molar-refractivity contribution < 1.29 is 19.1 Å². The van der Waals surface area contributed by atoms with Crippen LogP contribution in [-0.2, 0) is 19.1 Å². The minimum absolute atomic E-state index is 0.111. The first kappa shape index (κ1) is 14.6. The van der Waals surface area contributed by atoms with Crippen molar-refractivity contribution in [2.45, 2.75) is 26.3 Å². The third kappa shape index (κ3) is 7.00. The van der Waals surface area contributed by atoms with Gasteiger partial charge in [0.1, 0.15) is 0 Å². The second-order valence-electron chi connectivity index (χ2n) is 3.56. The molecule has 92 valence electrons. The van der Waals surface area contributed by atoms with E-state index in [1.54, 1.807) is 0 Å². The zero-order chi connectivity index (χ0) is 12.6. The van der Waals surface area contributed by atoms with E-state index < -0.39 is 12.0 Å². The van der Waals surface area contributed by atoms with Gasteiger partial charge < -0.3 is 14.8 Å². The Kier molecular flexibility index (Phi) is 7.20. The molecule has 0 fully saturated rings. The van der Waals surface area contributed by atoms with Crippen LogP contribution >= 0.6 is 0 Å². The molecule has 0 saturated carbocycles. The SMILES string of the molecule is C=C(C)CCOCC(NC(C)=O)C(=O)OC. The molecule has 0 radical (unpaired) electrons. The van der Waals surface area contributed by atoms with Gasteiger partial charge in [0.2, 0.25) is 5.91 Å². The van der Waals surface area contributed by atoms with E-state index in [2.05, 4.69) is 16.6 Å². The summed E-state index contributed by atoms with van der Waals surface area (Å²) in [7, 11) is 1.27. The van der Waals surface area contributed by atoms with Crippen molar-refractivity contribution in [2.24, 2.45) is 0 Å². The number of rotatable bonds is 7. The van der Waals surface area contributed by atoms with Crippen molar-refractivity contribution >= 4 is 11.9 Å². The van der Waals surface area contributed by atoms with E-state index >= 15 is 0 Å². The Morgan fingerprint density at radius 2 is 2.00 bits per heavy atom. The molecule has 0 aromatic rings. The topological polar surface area (TPSA) is 64.6 Å². The van der Waals surface area contributed by atoms with Gasteiger partial charge >= 0.3 is 5.97 Å². The molecule has 0 heterocycles. The largest absolute Gasteiger partial charge is 0.467 e. The fourth-order valence-electron chi connectivity index (χ4n) is 1.00. The van der Waals surface area contributed by atoms with Gasteiger partial charge in [-0.3, -0.25) is 4.79 Å². The van der Waals surface area contributed by atoms with Crippen molar-refractivity contribution in [3.8, 4) is 0 Å². The minimum atomic E-state index is -0.743. The third-order valence-electron chi connectivity index (χ3n) is 1.82. The van der Waals surface area contributed by atoms with Gasteiger partial charge in [0.05, 0.1) is 20.3 Å². The van der Waals surface area contributed by atoms with E-state index in [0.717, 1.165) is 12.0 Å². The van der Waals surface area contributed by atoms with Gasteiger partial charge in [-0.2, -0.15) is 0 Å². The molecule has 1 unspecified atom stereocenters. The summed E-state index contributed by atoms with van der Waals surface area (Å²) in [4.78, 5) is 22.1. The second kappa shape index (κ2) is 7.87. The van der Waals surface area contributed by atoms with Crippen molar-refractivity contribution in [3.63, 3.8) is 0 Å². The Morgan fingerprint density at radius 3 is 2.44 bits per heavy atom. The van der Waals surface area contributed by atoms with Gasteiger partial charge in [0.15, 0.2) is 6.04 Å². The molecule has 5 heteroatoms. The number of esters is 1. The quantitative estimate of drug-likeness (QED) is 0.395. The van der Waals surface area contributed by atoms with Crippen LogP contribution in [0.1, 0.15) is 20.3 Å². The highest BCUT2D eigenvalue weighted by Crippen LogP contribution is 1.97. The molecule has 0 bridgehead atoms. The fourth-order valence-corrected chi connectivity index (χ4v) is 1.00. The lowest BCUT2D eigenvalue weighted by Crippen LogP contribution is -2.43. The lowest BCUT2D eigenvalue weighted by atomic mass is 10.2. The lowest BCUT2D eigenvalue weighted by Gasteiger charge is -2.15. The molecular weight excluding hydrogens is 210 g/mol. The first-order valence-corrected chi connectivity index (χ1v) is 5.04. The van der Waals surface area contributed by atoms with Crippen LogP contribution in [0.3, 0.4) is 0 Å². The summed E-state index contributed by atoms with van der Waals surface area (Å²) in [5.41, 5.74) is 1.01. The van der Waals surface area contributed by atoms with Gasteiger partial charge in [0.25, 0.3) is 0 Å². The number of ether oxygens (including phenoxy) is 2. The summed E-state index contributed by atoms with van der Waals surface area (Å²) >= 11 is 0. The van der Waals surface area contributed by atoms with Gasteiger partial charge in [-0.15, -0.1) is 6.58 Å². The van der Waals surface area contributed by atoms with Crippen LogP contribution < -0.4 is 5.32 Å². The zero-order valence-electron chi connectivity index (χ0n) is 10.0. The molecular formula is C11H19NO4. The highest BCUT2D eigenvalue weighted by Gasteiger charge is 2.19. The van der Waals surface area contributed by atoms with Crippen LogP contribution in [0.25, 0.3) is 0 Å². The average molecular weight is 229 g/mol. The van der Waals surface area contributed by atoms with Gasteiger partial charge in [-0.05, 0) is 13.3 Å². The van der Waals surface area contributed by atoms with E-state index in [0.29, 0.717) is 6.61 Å². The standard InChI is InChI=1S/C11H19NO4/c1-8(2)5-6-16-7-10(11(14)15-4)12-9(3)13/h10H,1,5-7H2,2-4H3,(H,12,13).